The first kappa shape index (κ1) is 8.77. The molecule has 0 amide bonds. The molecule has 0 aromatic heterocycles. The molecule has 0 fully saturated rings. The van der Waals surface area contributed by atoms with E-state index < -0.39 is 22.7 Å². The first-order chi connectivity index (χ1) is 4.46. The molecular formula is C4H4ClNO4. The van der Waals surface area contributed by atoms with Gasteiger partial charge in [-0.2, -0.15) is 0 Å². The van der Waals surface area contributed by atoms with E-state index in [2.05, 4.69) is 0 Å². The lowest BCUT2D eigenvalue weighted by Crippen LogP contribution is -2.15. The third-order valence-corrected chi connectivity index (χ3v) is 1.02. The lowest BCUT2D eigenvalue weighted by molar-refractivity contribution is -0.135. The molecule has 4 N–H and O–H groups in total. The summed E-state index contributed by atoms with van der Waals surface area (Å²) in [5.74, 6) is -3.10. The zero-order valence-corrected chi connectivity index (χ0v) is 5.42. The van der Waals surface area contributed by atoms with E-state index in [0.717, 1.165) is 0 Å². The Hall–Kier alpha value is -1.23. The Bertz CT molecular complexity index is 187. The summed E-state index contributed by atoms with van der Waals surface area (Å²) in [4.78, 5) is 19.8. The van der Waals surface area contributed by atoms with Crippen molar-refractivity contribution in [3.05, 3.63) is 10.7 Å². The molecule has 0 aliphatic rings. The summed E-state index contributed by atoms with van der Waals surface area (Å²) in [7, 11) is 0. The maximum atomic E-state index is 9.91. The van der Waals surface area contributed by atoms with Gasteiger partial charge in [0.25, 0.3) is 0 Å². The fraction of sp³-hybridized carbons (Fsp3) is 0. The van der Waals surface area contributed by atoms with Crippen LogP contribution in [0.5, 0.6) is 0 Å². The molecule has 0 radical (unpaired) electrons. The molecule has 0 spiro atoms. The lowest BCUT2D eigenvalue weighted by Gasteiger charge is -1.93. The molecule has 0 saturated carbocycles. The number of carbonyl (C=O) groups is 2. The summed E-state index contributed by atoms with van der Waals surface area (Å²) >= 11 is 4.94. The van der Waals surface area contributed by atoms with Crippen LogP contribution in [-0.2, 0) is 9.59 Å². The van der Waals surface area contributed by atoms with Crippen LogP contribution in [0, 0.1) is 0 Å². The van der Waals surface area contributed by atoms with Crippen molar-refractivity contribution in [2.24, 2.45) is 5.73 Å². The normalized spacial score (nSPS) is 12.1. The molecule has 0 rings (SSSR count). The minimum Gasteiger partial charge on any atom is -0.477 e. The van der Waals surface area contributed by atoms with Crippen molar-refractivity contribution in [2.75, 3.05) is 0 Å². The third kappa shape index (κ3) is 1.94. The molecule has 0 aromatic rings. The van der Waals surface area contributed by atoms with Gasteiger partial charge >= 0.3 is 11.9 Å². The van der Waals surface area contributed by atoms with Crippen LogP contribution in [-0.4, -0.2) is 22.2 Å². The average molecular weight is 166 g/mol. The Balaban J connectivity index is 4.67. The van der Waals surface area contributed by atoms with Crippen LogP contribution in [0.4, 0.5) is 0 Å². The van der Waals surface area contributed by atoms with Crippen LogP contribution in [0.2, 0.25) is 0 Å². The number of carboxylic acid groups (broad SMARTS) is 2. The molecule has 10 heavy (non-hydrogen) atoms. The standard InChI is InChI=1S/C4H4ClNO4/c5-1(3(7)8)2(6)4(9)10/h6H2,(H,7,8)(H,9,10). The van der Waals surface area contributed by atoms with Gasteiger partial charge in [0, 0.05) is 0 Å². The van der Waals surface area contributed by atoms with Crippen molar-refractivity contribution in [1.29, 1.82) is 0 Å². The Labute approximate surface area is 60.7 Å². The van der Waals surface area contributed by atoms with E-state index in [1.54, 1.807) is 0 Å². The molecule has 56 valence electrons. The van der Waals surface area contributed by atoms with Gasteiger partial charge in [-0.1, -0.05) is 11.6 Å². The van der Waals surface area contributed by atoms with Crippen molar-refractivity contribution in [3.63, 3.8) is 0 Å². The third-order valence-electron chi connectivity index (χ3n) is 0.655. The number of rotatable bonds is 2. The molecule has 0 bridgehead atoms. The molecule has 0 aliphatic heterocycles. The molecule has 0 aliphatic carbocycles. The van der Waals surface area contributed by atoms with Crippen molar-refractivity contribution in [3.8, 4) is 0 Å². The summed E-state index contributed by atoms with van der Waals surface area (Å²) in [6.45, 7) is 0. The highest BCUT2D eigenvalue weighted by Crippen LogP contribution is 2.04. The number of nitrogens with two attached hydrogens (primary N) is 1. The molecule has 0 aromatic carbocycles. The molecule has 6 heteroatoms. The molecule has 0 saturated heterocycles. The van der Waals surface area contributed by atoms with E-state index in [1.807, 2.05) is 0 Å². The smallest absolute Gasteiger partial charge is 0.353 e. The Morgan fingerprint density at radius 2 is 1.60 bits per heavy atom. The number of carboxylic acids is 2. The largest absolute Gasteiger partial charge is 0.477 e. The maximum Gasteiger partial charge on any atom is 0.353 e. The van der Waals surface area contributed by atoms with E-state index in [-0.39, 0.29) is 0 Å². The minimum atomic E-state index is -1.55. The highest BCUT2D eigenvalue weighted by atomic mass is 35.5. The SMILES string of the molecule is NC(C(=O)O)=C(Cl)C(=O)O. The molecule has 5 nitrogen and oxygen atoms in total. The fourth-order valence-corrected chi connectivity index (χ4v) is 0.290. The van der Waals surface area contributed by atoms with E-state index in [1.165, 1.54) is 0 Å². The van der Waals surface area contributed by atoms with Crippen LogP contribution >= 0.6 is 11.6 Å². The van der Waals surface area contributed by atoms with Crippen LogP contribution in [0.3, 0.4) is 0 Å². The maximum absolute atomic E-state index is 9.91. The monoisotopic (exact) mass is 165 g/mol. The highest BCUT2D eigenvalue weighted by Gasteiger charge is 2.13. The molecular weight excluding hydrogens is 162 g/mol. The first-order valence-corrected chi connectivity index (χ1v) is 2.46. The quantitative estimate of drug-likeness (QED) is 0.482. The van der Waals surface area contributed by atoms with Gasteiger partial charge in [0.1, 0.15) is 5.70 Å². The first-order valence-electron chi connectivity index (χ1n) is 2.08. The summed E-state index contributed by atoms with van der Waals surface area (Å²) in [6, 6.07) is 0. The average Bonchev–Trinajstić information content (AvgIpc) is 1.84. The Kier molecular flexibility index (Phi) is 2.69. The van der Waals surface area contributed by atoms with Crippen LogP contribution in [0.1, 0.15) is 0 Å². The van der Waals surface area contributed by atoms with Crippen molar-refractivity contribution >= 4 is 23.5 Å². The number of hydrogen-bond acceptors (Lipinski definition) is 3. The number of hydrogen-bond donors (Lipinski definition) is 3. The van der Waals surface area contributed by atoms with Gasteiger partial charge in [-0.3, -0.25) is 0 Å². The van der Waals surface area contributed by atoms with E-state index in [0.29, 0.717) is 0 Å². The molecule has 0 unspecified atom stereocenters. The Morgan fingerprint density at radius 1 is 1.20 bits per heavy atom. The van der Waals surface area contributed by atoms with Gasteiger partial charge < -0.3 is 15.9 Å². The highest BCUT2D eigenvalue weighted by molar-refractivity contribution is 6.42. The zero-order chi connectivity index (χ0) is 8.31. The van der Waals surface area contributed by atoms with Gasteiger partial charge in [-0.05, 0) is 0 Å². The van der Waals surface area contributed by atoms with Crippen molar-refractivity contribution in [1.82, 2.24) is 0 Å². The summed E-state index contributed by atoms with van der Waals surface area (Å²) in [5.41, 5.74) is 3.86. The summed E-state index contributed by atoms with van der Waals surface area (Å²) < 4.78 is 0. The fourth-order valence-electron chi connectivity index (χ4n) is 0.209. The lowest BCUT2D eigenvalue weighted by atomic mass is 10.4. The van der Waals surface area contributed by atoms with Gasteiger partial charge in [0.2, 0.25) is 0 Å². The molecule has 0 heterocycles. The second kappa shape index (κ2) is 3.07. The van der Waals surface area contributed by atoms with Gasteiger partial charge in [0.05, 0.1) is 0 Å². The number of aliphatic carboxylic acids is 2. The van der Waals surface area contributed by atoms with Crippen LogP contribution in [0.15, 0.2) is 10.7 Å². The predicted octanol–water partition coefficient (Wildman–Crippen LogP) is -0.435. The molecule has 0 atom stereocenters. The predicted molar refractivity (Wildman–Crippen MR) is 32.3 cm³/mol. The van der Waals surface area contributed by atoms with Gasteiger partial charge in [-0.25, -0.2) is 9.59 Å². The number of halogens is 1. The van der Waals surface area contributed by atoms with E-state index in [4.69, 9.17) is 27.5 Å². The van der Waals surface area contributed by atoms with Crippen LogP contribution in [0.25, 0.3) is 0 Å². The Morgan fingerprint density at radius 3 is 1.70 bits per heavy atom. The summed E-state index contributed by atoms with van der Waals surface area (Å²) in [5, 5.41) is 15.3. The second-order valence-corrected chi connectivity index (χ2v) is 1.72. The van der Waals surface area contributed by atoms with Crippen LogP contribution < -0.4 is 5.73 Å². The summed E-state index contributed by atoms with van der Waals surface area (Å²) in [6.07, 6.45) is 0. The van der Waals surface area contributed by atoms with Gasteiger partial charge in [0.15, 0.2) is 5.03 Å². The van der Waals surface area contributed by atoms with Gasteiger partial charge in [-0.15, -0.1) is 0 Å². The van der Waals surface area contributed by atoms with Crippen molar-refractivity contribution < 1.29 is 19.8 Å². The minimum absolute atomic E-state index is 0.867. The van der Waals surface area contributed by atoms with E-state index >= 15 is 0 Å². The van der Waals surface area contributed by atoms with E-state index in [9.17, 15) is 9.59 Å². The zero-order valence-electron chi connectivity index (χ0n) is 4.67. The van der Waals surface area contributed by atoms with Crippen molar-refractivity contribution in [2.45, 2.75) is 0 Å². The topological polar surface area (TPSA) is 101 Å². The second-order valence-electron chi connectivity index (χ2n) is 1.34.